The Morgan fingerprint density at radius 3 is 2.81 bits per heavy atom. The quantitative estimate of drug-likeness (QED) is 0.837. The van der Waals surface area contributed by atoms with E-state index in [1.807, 2.05) is 0 Å². The van der Waals surface area contributed by atoms with Gasteiger partial charge in [-0.15, -0.1) is 0 Å². The predicted octanol–water partition coefficient (Wildman–Crippen LogP) is 0.726. The van der Waals surface area contributed by atoms with Crippen LogP contribution in [0.3, 0.4) is 0 Å². The molecule has 6 nitrogen and oxygen atoms in total. The number of amides is 1. The lowest BCUT2D eigenvalue weighted by Gasteiger charge is -2.10. The average Bonchev–Trinajstić information content (AvgIpc) is 3.14. The number of carbonyl (C=O) groups excluding carboxylic acids is 1. The second-order valence-electron chi connectivity index (χ2n) is 5.63. The summed E-state index contributed by atoms with van der Waals surface area (Å²) in [7, 11) is -3.78. The lowest BCUT2D eigenvalue weighted by atomic mass is 10.0. The van der Waals surface area contributed by atoms with Crippen molar-refractivity contribution >= 4 is 15.9 Å². The molecule has 2 aliphatic rings. The molecule has 7 heteroatoms. The second-order valence-corrected chi connectivity index (χ2v) is 7.19. The maximum absolute atomic E-state index is 12.2. The van der Waals surface area contributed by atoms with Gasteiger partial charge in [-0.3, -0.25) is 4.79 Å². The first-order valence-electron chi connectivity index (χ1n) is 7.02. The molecule has 0 spiro atoms. The van der Waals surface area contributed by atoms with Gasteiger partial charge in [0.25, 0.3) is 0 Å². The van der Waals surface area contributed by atoms with E-state index >= 15 is 0 Å². The van der Waals surface area contributed by atoms with E-state index in [0.717, 1.165) is 12.3 Å². The molecule has 1 aliphatic carbocycles. The molecular weight excluding hydrogens is 292 g/mol. The van der Waals surface area contributed by atoms with Crippen LogP contribution >= 0.6 is 0 Å². The Balaban J connectivity index is 1.73. The van der Waals surface area contributed by atoms with Crippen LogP contribution in [0.15, 0.2) is 23.1 Å². The van der Waals surface area contributed by atoms with Crippen LogP contribution in [0.2, 0.25) is 0 Å². The van der Waals surface area contributed by atoms with Gasteiger partial charge < -0.3 is 10.1 Å². The Kier molecular flexibility index (Phi) is 3.62. The first-order chi connectivity index (χ1) is 9.95. The number of hydrogen-bond acceptors (Lipinski definition) is 4. The fourth-order valence-electron chi connectivity index (χ4n) is 2.52. The zero-order valence-electron chi connectivity index (χ0n) is 11.5. The van der Waals surface area contributed by atoms with E-state index in [9.17, 15) is 13.2 Å². The molecular formula is C14H18N2O4S. The number of nitrogens with two attached hydrogens (primary N) is 1. The van der Waals surface area contributed by atoms with Gasteiger partial charge in [0, 0.05) is 12.1 Å². The molecule has 1 atom stereocenters. The minimum absolute atomic E-state index is 0.00234. The predicted molar refractivity (Wildman–Crippen MR) is 76.4 cm³/mol. The van der Waals surface area contributed by atoms with Gasteiger partial charge in [0.2, 0.25) is 15.9 Å². The van der Waals surface area contributed by atoms with Crippen molar-refractivity contribution in [3.05, 3.63) is 23.8 Å². The Hall–Kier alpha value is -1.60. The lowest BCUT2D eigenvalue weighted by Crippen LogP contribution is -2.31. The van der Waals surface area contributed by atoms with Gasteiger partial charge in [-0.1, -0.05) is 12.8 Å². The van der Waals surface area contributed by atoms with Crippen molar-refractivity contribution in [2.24, 2.45) is 11.1 Å². The Bertz CT molecular complexity index is 668. The molecule has 1 aromatic carbocycles. The number of rotatable bonds is 5. The largest absolute Gasteiger partial charge is 0.492 e. The highest BCUT2D eigenvalue weighted by Crippen LogP contribution is 2.36. The molecule has 1 unspecified atom stereocenters. The van der Waals surface area contributed by atoms with Crippen molar-refractivity contribution in [3.63, 3.8) is 0 Å². The molecule has 0 bridgehead atoms. The number of sulfonamides is 1. The van der Waals surface area contributed by atoms with E-state index in [2.05, 4.69) is 5.32 Å². The van der Waals surface area contributed by atoms with E-state index in [1.54, 1.807) is 6.07 Å². The highest BCUT2D eigenvalue weighted by molar-refractivity contribution is 7.89. The highest BCUT2D eigenvalue weighted by Gasteiger charge is 2.31. The van der Waals surface area contributed by atoms with Crippen LogP contribution < -0.4 is 15.2 Å². The molecule has 1 aromatic rings. The SMILES string of the molecule is NS(=O)(=O)c1ccc2c(c1)C(C(=O)NCCC1CC1)CO2. The van der Waals surface area contributed by atoms with Crippen molar-refractivity contribution < 1.29 is 17.9 Å². The maximum Gasteiger partial charge on any atom is 0.238 e. The third-order valence-electron chi connectivity index (χ3n) is 3.96. The molecule has 0 aromatic heterocycles. The Morgan fingerprint density at radius 2 is 2.14 bits per heavy atom. The van der Waals surface area contributed by atoms with Crippen LogP contribution in [0.25, 0.3) is 0 Å². The number of fused-ring (bicyclic) bond motifs is 1. The Labute approximate surface area is 123 Å². The standard InChI is InChI=1S/C14H18N2O4S/c15-21(18,19)10-3-4-13-11(7-10)12(8-20-13)14(17)16-6-5-9-1-2-9/h3-4,7,9,12H,1-2,5-6,8H2,(H,16,17)(H2,15,18,19). The molecule has 0 radical (unpaired) electrons. The molecule has 0 saturated heterocycles. The van der Waals surface area contributed by atoms with E-state index in [4.69, 9.17) is 9.88 Å². The first kappa shape index (κ1) is 14.3. The van der Waals surface area contributed by atoms with Crippen molar-refractivity contribution in [1.29, 1.82) is 0 Å². The minimum atomic E-state index is -3.78. The van der Waals surface area contributed by atoms with E-state index in [1.165, 1.54) is 25.0 Å². The molecule has 3 rings (SSSR count). The average molecular weight is 310 g/mol. The first-order valence-corrected chi connectivity index (χ1v) is 8.57. The number of primary sulfonamides is 1. The number of carbonyl (C=O) groups is 1. The van der Waals surface area contributed by atoms with E-state index in [-0.39, 0.29) is 17.4 Å². The Morgan fingerprint density at radius 1 is 1.38 bits per heavy atom. The van der Waals surface area contributed by atoms with Gasteiger partial charge in [0.05, 0.1) is 4.90 Å². The summed E-state index contributed by atoms with van der Waals surface area (Å²) < 4.78 is 28.2. The van der Waals surface area contributed by atoms with Gasteiger partial charge in [0.1, 0.15) is 18.3 Å². The number of nitrogens with one attached hydrogen (secondary N) is 1. The monoisotopic (exact) mass is 310 g/mol. The van der Waals surface area contributed by atoms with Gasteiger partial charge in [-0.25, -0.2) is 13.6 Å². The van der Waals surface area contributed by atoms with E-state index in [0.29, 0.717) is 17.9 Å². The lowest BCUT2D eigenvalue weighted by molar-refractivity contribution is -0.122. The summed E-state index contributed by atoms with van der Waals surface area (Å²) in [6.45, 7) is 0.892. The molecule has 21 heavy (non-hydrogen) atoms. The van der Waals surface area contributed by atoms with Crippen molar-refractivity contribution in [3.8, 4) is 5.75 Å². The van der Waals surface area contributed by atoms with Gasteiger partial charge in [0.15, 0.2) is 0 Å². The third kappa shape index (κ3) is 3.19. The summed E-state index contributed by atoms with van der Waals surface area (Å²) in [4.78, 5) is 12.2. The number of benzene rings is 1. The topological polar surface area (TPSA) is 98.5 Å². The molecule has 1 aliphatic heterocycles. The molecule has 1 heterocycles. The van der Waals surface area contributed by atoms with Crippen LogP contribution in [0.4, 0.5) is 0 Å². The summed E-state index contributed by atoms with van der Waals surface area (Å²) in [5, 5.41) is 8.02. The molecule has 114 valence electrons. The number of ether oxygens (including phenoxy) is 1. The molecule has 1 fully saturated rings. The van der Waals surface area contributed by atoms with Crippen molar-refractivity contribution in [1.82, 2.24) is 5.32 Å². The van der Waals surface area contributed by atoms with Crippen LogP contribution in [0.1, 0.15) is 30.7 Å². The molecule has 1 amide bonds. The fraction of sp³-hybridized carbons (Fsp3) is 0.500. The van der Waals surface area contributed by atoms with E-state index < -0.39 is 15.9 Å². The summed E-state index contributed by atoms with van der Waals surface area (Å²) >= 11 is 0. The fourth-order valence-corrected chi connectivity index (χ4v) is 3.07. The zero-order chi connectivity index (χ0) is 15.0. The van der Waals surface area contributed by atoms with Crippen molar-refractivity contribution in [2.75, 3.05) is 13.2 Å². The second kappa shape index (κ2) is 5.31. The van der Waals surface area contributed by atoms with Crippen LogP contribution in [0, 0.1) is 5.92 Å². The van der Waals surface area contributed by atoms with Gasteiger partial charge >= 0.3 is 0 Å². The summed E-state index contributed by atoms with van der Waals surface area (Å²) in [6.07, 6.45) is 3.51. The third-order valence-corrected chi connectivity index (χ3v) is 4.87. The van der Waals surface area contributed by atoms with Crippen LogP contribution in [-0.4, -0.2) is 27.5 Å². The normalized spacial score (nSPS) is 20.7. The van der Waals surface area contributed by atoms with Gasteiger partial charge in [-0.2, -0.15) is 0 Å². The minimum Gasteiger partial charge on any atom is -0.492 e. The molecule has 1 saturated carbocycles. The summed E-state index contributed by atoms with van der Waals surface area (Å²) in [6, 6.07) is 4.37. The summed E-state index contributed by atoms with van der Waals surface area (Å²) in [5.41, 5.74) is 0.588. The van der Waals surface area contributed by atoms with Crippen LogP contribution in [-0.2, 0) is 14.8 Å². The summed E-state index contributed by atoms with van der Waals surface area (Å²) in [5.74, 6) is 0.706. The number of hydrogen-bond donors (Lipinski definition) is 2. The smallest absolute Gasteiger partial charge is 0.238 e. The maximum atomic E-state index is 12.2. The highest BCUT2D eigenvalue weighted by atomic mass is 32.2. The molecule has 3 N–H and O–H groups in total. The van der Waals surface area contributed by atoms with Crippen molar-refractivity contribution in [2.45, 2.75) is 30.1 Å². The van der Waals surface area contributed by atoms with Gasteiger partial charge in [-0.05, 0) is 30.5 Å². The van der Waals surface area contributed by atoms with Crippen LogP contribution in [0.5, 0.6) is 5.75 Å². The zero-order valence-corrected chi connectivity index (χ0v) is 12.4.